The van der Waals surface area contributed by atoms with E-state index < -0.39 is 0 Å². The highest BCUT2D eigenvalue weighted by Crippen LogP contribution is 2.40. The van der Waals surface area contributed by atoms with Crippen LogP contribution in [0.2, 0.25) is 0 Å². The molecule has 0 spiro atoms. The molecule has 5 nitrogen and oxygen atoms in total. The third-order valence-electron chi connectivity index (χ3n) is 5.40. The summed E-state index contributed by atoms with van der Waals surface area (Å²) in [6.45, 7) is 2.25. The van der Waals surface area contributed by atoms with Gasteiger partial charge in [0, 0.05) is 28.6 Å². The number of fused-ring (bicyclic) bond motifs is 4. The van der Waals surface area contributed by atoms with Gasteiger partial charge in [-0.2, -0.15) is 5.10 Å². The molecule has 5 aromatic rings. The molecule has 1 aliphatic heterocycles. The van der Waals surface area contributed by atoms with Gasteiger partial charge in [-0.3, -0.25) is 4.98 Å². The molecule has 2 aromatic heterocycles. The highest BCUT2D eigenvalue weighted by molar-refractivity contribution is 6.09. The van der Waals surface area contributed by atoms with Crippen molar-refractivity contribution in [3.05, 3.63) is 78.2 Å². The third-order valence-corrected chi connectivity index (χ3v) is 5.40. The minimum absolute atomic E-state index is 0.195. The van der Waals surface area contributed by atoms with Gasteiger partial charge in [0.25, 0.3) is 0 Å². The van der Waals surface area contributed by atoms with Gasteiger partial charge < -0.3 is 9.47 Å². The fourth-order valence-electron chi connectivity index (χ4n) is 3.87. The Labute approximate surface area is 171 Å². The molecule has 0 amide bonds. The largest absolute Gasteiger partial charge is 0.454 e. The van der Waals surface area contributed by atoms with Gasteiger partial charge in [-0.1, -0.05) is 29.8 Å². The van der Waals surface area contributed by atoms with E-state index in [1.165, 1.54) is 17.7 Å². The summed E-state index contributed by atoms with van der Waals surface area (Å²) in [7, 11) is 0. The number of hydrogen-bond acceptors (Lipinski definition) is 4. The number of ether oxygens (including phenoxy) is 2. The Morgan fingerprint density at radius 3 is 2.40 bits per heavy atom. The molecule has 146 valence electrons. The van der Waals surface area contributed by atoms with Crippen molar-refractivity contribution in [2.24, 2.45) is 0 Å². The van der Waals surface area contributed by atoms with Crippen LogP contribution >= 0.6 is 0 Å². The molecule has 0 saturated heterocycles. The average Bonchev–Trinajstić information content (AvgIpc) is 3.37. The first kappa shape index (κ1) is 17.0. The van der Waals surface area contributed by atoms with E-state index in [1.807, 2.05) is 23.0 Å². The minimum Gasteiger partial charge on any atom is -0.454 e. The molecule has 0 saturated carbocycles. The normalized spacial score (nSPS) is 12.7. The highest BCUT2D eigenvalue weighted by atomic mass is 19.1. The zero-order chi connectivity index (χ0) is 20.2. The van der Waals surface area contributed by atoms with Crippen LogP contribution in [-0.2, 0) is 0 Å². The van der Waals surface area contributed by atoms with Crippen molar-refractivity contribution in [1.29, 1.82) is 0 Å². The van der Waals surface area contributed by atoms with Crippen molar-refractivity contribution in [2.45, 2.75) is 6.92 Å². The Bertz CT molecular complexity index is 1420. The summed E-state index contributed by atoms with van der Waals surface area (Å²) < 4.78 is 26.5. The molecule has 3 heterocycles. The molecule has 0 atom stereocenters. The number of pyridine rings is 1. The van der Waals surface area contributed by atoms with E-state index in [0.717, 1.165) is 38.8 Å². The van der Waals surface area contributed by atoms with Crippen LogP contribution < -0.4 is 9.47 Å². The third kappa shape index (κ3) is 2.54. The zero-order valence-corrected chi connectivity index (χ0v) is 16.1. The monoisotopic (exact) mass is 397 g/mol. The number of hydrogen-bond donors (Lipinski definition) is 0. The van der Waals surface area contributed by atoms with Gasteiger partial charge in [-0.15, -0.1) is 0 Å². The van der Waals surface area contributed by atoms with E-state index in [4.69, 9.17) is 14.6 Å². The van der Waals surface area contributed by atoms with Gasteiger partial charge in [-0.25, -0.2) is 9.07 Å². The van der Waals surface area contributed by atoms with Gasteiger partial charge in [0.05, 0.1) is 16.7 Å². The first-order valence-electron chi connectivity index (χ1n) is 9.61. The molecule has 3 aromatic carbocycles. The Kier molecular flexibility index (Phi) is 3.56. The van der Waals surface area contributed by atoms with E-state index >= 15 is 0 Å². The van der Waals surface area contributed by atoms with Crippen molar-refractivity contribution in [3.8, 4) is 28.4 Å². The Balaban J connectivity index is 1.71. The van der Waals surface area contributed by atoms with Crippen LogP contribution in [0.4, 0.5) is 4.39 Å². The number of rotatable bonds is 2. The van der Waals surface area contributed by atoms with E-state index in [0.29, 0.717) is 11.5 Å². The predicted molar refractivity (Wildman–Crippen MR) is 113 cm³/mol. The molecule has 0 bridgehead atoms. The van der Waals surface area contributed by atoms with Gasteiger partial charge in [0.15, 0.2) is 11.5 Å². The second-order valence-electron chi connectivity index (χ2n) is 7.35. The first-order chi connectivity index (χ1) is 14.7. The molecule has 1 aliphatic rings. The zero-order valence-electron chi connectivity index (χ0n) is 16.1. The van der Waals surface area contributed by atoms with Crippen LogP contribution in [0.3, 0.4) is 0 Å². The molecule has 0 radical (unpaired) electrons. The molecule has 0 N–H and O–H groups in total. The molecular formula is C24H16FN3O2. The lowest BCUT2D eigenvalue weighted by Crippen LogP contribution is -1.97. The van der Waals surface area contributed by atoms with Crippen molar-refractivity contribution >= 4 is 21.8 Å². The van der Waals surface area contributed by atoms with Crippen LogP contribution in [-0.4, -0.2) is 21.6 Å². The molecule has 0 aliphatic carbocycles. The molecular weight excluding hydrogens is 381 g/mol. The SMILES string of the molecule is Cc1ccc(-c2nn(-c3ccc(F)cc3)c3c2cnc2cc4c(cc23)OCO4)cc1. The summed E-state index contributed by atoms with van der Waals surface area (Å²) in [6, 6.07) is 18.4. The maximum atomic E-state index is 13.6. The van der Waals surface area contributed by atoms with Crippen LogP contribution in [0.15, 0.2) is 66.9 Å². The van der Waals surface area contributed by atoms with Crippen LogP contribution in [0.5, 0.6) is 11.5 Å². The fourth-order valence-corrected chi connectivity index (χ4v) is 3.87. The summed E-state index contributed by atoms with van der Waals surface area (Å²) in [5, 5.41) is 6.72. The lowest BCUT2D eigenvalue weighted by Gasteiger charge is -2.07. The summed E-state index contributed by atoms with van der Waals surface area (Å²) in [5.41, 5.74) is 5.43. The summed E-state index contributed by atoms with van der Waals surface area (Å²) in [6.07, 6.45) is 1.84. The van der Waals surface area contributed by atoms with E-state index in [1.54, 1.807) is 12.1 Å². The van der Waals surface area contributed by atoms with Crippen LogP contribution in [0.25, 0.3) is 38.8 Å². The number of aromatic nitrogens is 3. The van der Waals surface area contributed by atoms with Gasteiger partial charge in [0.2, 0.25) is 6.79 Å². The number of benzene rings is 3. The predicted octanol–water partition coefficient (Wildman–Crippen LogP) is 5.42. The molecule has 6 heteroatoms. The minimum atomic E-state index is -0.288. The molecule has 0 unspecified atom stereocenters. The van der Waals surface area contributed by atoms with Gasteiger partial charge >= 0.3 is 0 Å². The van der Waals surface area contributed by atoms with Crippen molar-refractivity contribution in [2.75, 3.05) is 6.79 Å². The smallest absolute Gasteiger partial charge is 0.231 e. The quantitative estimate of drug-likeness (QED) is 0.399. The maximum Gasteiger partial charge on any atom is 0.231 e. The Hall–Kier alpha value is -3.93. The second-order valence-corrected chi connectivity index (χ2v) is 7.35. The Morgan fingerprint density at radius 2 is 1.63 bits per heavy atom. The standard InChI is InChI=1S/C24H16FN3O2/c1-14-2-4-15(5-3-14)23-19-12-26-20-11-22-21(29-13-30-22)10-18(20)24(19)28(27-23)17-8-6-16(25)7-9-17/h2-12H,13H2,1H3. The van der Waals surface area contributed by atoms with Gasteiger partial charge in [0.1, 0.15) is 11.5 Å². The lowest BCUT2D eigenvalue weighted by molar-refractivity contribution is 0.174. The Morgan fingerprint density at radius 1 is 0.900 bits per heavy atom. The van der Waals surface area contributed by atoms with Crippen molar-refractivity contribution in [3.63, 3.8) is 0 Å². The fraction of sp³-hybridized carbons (Fsp3) is 0.0833. The van der Waals surface area contributed by atoms with E-state index in [2.05, 4.69) is 36.2 Å². The summed E-state index contributed by atoms with van der Waals surface area (Å²) >= 11 is 0. The number of halogens is 1. The topological polar surface area (TPSA) is 49.2 Å². The first-order valence-corrected chi connectivity index (χ1v) is 9.61. The van der Waals surface area contributed by atoms with E-state index in [-0.39, 0.29) is 12.6 Å². The highest BCUT2D eigenvalue weighted by Gasteiger charge is 2.21. The lowest BCUT2D eigenvalue weighted by atomic mass is 10.1. The second kappa shape index (κ2) is 6.29. The number of nitrogens with zero attached hydrogens (tertiary/aromatic N) is 3. The average molecular weight is 397 g/mol. The number of aryl methyl sites for hydroxylation is 1. The molecule has 0 fully saturated rings. The van der Waals surface area contributed by atoms with Crippen molar-refractivity contribution < 1.29 is 13.9 Å². The molecule has 30 heavy (non-hydrogen) atoms. The van der Waals surface area contributed by atoms with Crippen LogP contribution in [0, 0.1) is 12.7 Å². The maximum absolute atomic E-state index is 13.6. The summed E-state index contributed by atoms with van der Waals surface area (Å²) in [5.74, 6) is 1.07. The van der Waals surface area contributed by atoms with Gasteiger partial charge in [-0.05, 0) is 37.3 Å². The van der Waals surface area contributed by atoms with Crippen LogP contribution in [0.1, 0.15) is 5.56 Å². The summed E-state index contributed by atoms with van der Waals surface area (Å²) in [4.78, 5) is 4.66. The molecule has 6 rings (SSSR count). The van der Waals surface area contributed by atoms with E-state index in [9.17, 15) is 4.39 Å². The van der Waals surface area contributed by atoms with Crippen molar-refractivity contribution in [1.82, 2.24) is 14.8 Å².